The molecule has 28 heavy (non-hydrogen) atoms. The number of carbonyl (C=O) groups is 1. The molecule has 1 fully saturated rings. The van der Waals surface area contributed by atoms with Crippen molar-refractivity contribution in [3.8, 4) is 0 Å². The van der Waals surface area contributed by atoms with Crippen molar-refractivity contribution in [2.75, 3.05) is 18.0 Å². The van der Waals surface area contributed by atoms with Gasteiger partial charge in [0.1, 0.15) is 5.82 Å². The Morgan fingerprint density at radius 2 is 1.71 bits per heavy atom. The first-order valence-corrected chi connectivity index (χ1v) is 9.60. The number of hydrogen-bond acceptors (Lipinski definition) is 3. The second-order valence-electron chi connectivity index (χ2n) is 7.09. The van der Waals surface area contributed by atoms with Crippen molar-refractivity contribution < 1.29 is 13.6 Å². The van der Waals surface area contributed by atoms with Crippen molar-refractivity contribution in [2.24, 2.45) is 0 Å². The molecule has 3 aromatic rings. The smallest absolute Gasteiger partial charge is 0.294 e. The van der Waals surface area contributed by atoms with Crippen LogP contribution in [0.15, 0.2) is 77.4 Å². The Hall–Kier alpha value is -2.92. The van der Waals surface area contributed by atoms with E-state index in [1.807, 2.05) is 47.4 Å². The number of benzene rings is 2. The van der Waals surface area contributed by atoms with Gasteiger partial charge in [0, 0.05) is 36.9 Å². The van der Waals surface area contributed by atoms with Crippen molar-refractivity contribution in [2.45, 2.75) is 25.4 Å². The highest BCUT2D eigenvalue weighted by Gasteiger charge is 2.31. The van der Waals surface area contributed by atoms with E-state index >= 15 is 0 Å². The molecule has 1 saturated heterocycles. The summed E-state index contributed by atoms with van der Waals surface area (Å²) in [6.45, 7) is 2.22. The summed E-state index contributed by atoms with van der Waals surface area (Å²) in [7, 11) is 0. The summed E-state index contributed by atoms with van der Waals surface area (Å²) in [6.07, 6.45) is 3.18. The van der Waals surface area contributed by atoms with Crippen LogP contribution in [0.5, 0.6) is 0 Å². The molecule has 0 atom stereocenters. The number of anilines is 1. The lowest BCUT2D eigenvalue weighted by Gasteiger charge is -2.38. The van der Waals surface area contributed by atoms with Gasteiger partial charge in [-0.3, -0.25) is 9.69 Å². The standard InChI is InChI=1S/C23H23FN2O2/c24-21-10-5-4-7-18(21)17-25-14-12-20(13-15-25)26(19-8-2-1-3-9-19)23(27)22-11-6-16-28-22/h1-11,16,20H,12-15,17H2. The topological polar surface area (TPSA) is 36.7 Å². The largest absolute Gasteiger partial charge is 0.459 e. The summed E-state index contributed by atoms with van der Waals surface area (Å²) in [4.78, 5) is 17.2. The fourth-order valence-electron chi connectivity index (χ4n) is 3.80. The molecule has 144 valence electrons. The van der Waals surface area contributed by atoms with Crippen LogP contribution in [-0.4, -0.2) is 29.9 Å². The molecule has 2 heterocycles. The van der Waals surface area contributed by atoms with E-state index in [9.17, 15) is 9.18 Å². The Balaban J connectivity index is 1.48. The van der Waals surface area contributed by atoms with Gasteiger partial charge >= 0.3 is 0 Å². The maximum absolute atomic E-state index is 13.9. The van der Waals surface area contributed by atoms with Gasteiger partial charge in [-0.15, -0.1) is 0 Å². The molecule has 1 aromatic heterocycles. The molecule has 5 heteroatoms. The first kappa shape index (κ1) is 18.4. The second-order valence-corrected chi connectivity index (χ2v) is 7.09. The molecule has 1 aliphatic heterocycles. The molecule has 0 saturated carbocycles. The number of amides is 1. The highest BCUT2D eigenvalue weighted by molar-refractivity contribution is 6.04. The third-order valence-corrected chi connectivity index (χ3v) is 5.26. The predicted molar refractivity (Wildman–Crippen MR) is 107 cm³/mol. The van der Waals surface area contributed by atoms with E-state index < -0.39 is 0 Å². The van der Waals surface area contributed by atoms with Crippen molar-refractivity contribution in [3.05, 3.63) is 90.1 Å². The van der Waals surface area contributed by atoms with E-state index in [0.29, 0.717) is 17.9 Å². The maximum Gasteiger partial charge on any atom is 0.294 e. The summed E-state index contributed by atoms with van der Waals surface area (Å²) in [5.74, 6) is 0.0601. The Kier molecular flexibility index (Phi) is 5.53. The molecule has 4 nitrogen and oxygen atoms in total. The minimum absolute atomic E-state index is 0.0804. The number of halogens is 1. The van der Waals surface area contributed by atoms with Gasteiger partial charge in [0.15, 0.2) is 5.76 Å². The average Bonchev–Trinajstić information content (AvgIpc) is 3.27. The molecule has 0 unspecified atom stereocenters. The molecule has 0 radical (unpaired) electrons. The lowest BCUT2D eigenvalue weighted by atomic mass is 10.0. The molecular formula is C23H23FN2O2. The Bertz CT molecular complexity index is 903. The zero-order valence-corrected chi connectivity index (χ0v) is 15.6. The lowest BCUT2D eigenvalue weighted by Crippen LogP contribution is -2.47. The summed E-state index contributed by atoms with van der Waals surface area (Å²) >= 11 is 0. The predicted octanol–water partition coefficient (Wildman–Crippen LogP) is 4.73. The van der Waals surface area contributed by atoms with E-state index in [4.69, 9.17) is 4.42 Å². The highest BCUT2D eigenvalue weighted by atomic mass is 19.1. The van der Waals surface area contributed by atoms with Crippen LogP contribution in [0, 0.1) is 5.82 Å². The van der Waals surface area contributed by atoms with Gasteiger partial charge in [-0.2, -0.15) is 0 Å². The van der Waals surface area contributed by atoms with Crippen molar-refractivity contribution in [1.82, 2.24) is 4.90 Å². The molecule has 4 rings (SSSR count). The zero-order chi connectivity index (χ0) is 19.3. The first-order chi connectivity index (χ1) is 13.7. The van der Waals surface area contributed by atoms with Crippen molar-refractivity contribution >= 4 is 11.6 Å². The molecular weight excluding hydrogens is 355 g/mol. The zero-order valence-electron chi connectivity index (χ0n) is 15.6. The molecule has 1 aliphatic rings. The normalized spacial score (nSPS) is 15.5. The van der Waals surface area contributed by atoms with Crippen LogP contribution in [-0.2, 0) is 6.54 Å². The minimum Gasteiger partial charge on any atom is -0.459 e. The van der Waals surface area contributed by atoms with Crippen LogP contribution in [0.4, 0.5) is 10.1 Å². The van der Waals surface area contributed by atoms with E-state index in [1.165, 1.54) is 12.3 Å². The Morgan fingerprint density at radius 3 is 2.39 bits per heavy atom. The van der Waals surface area contributed by atoms with Gasteiger partial charge in [0.2, 0.25) is 0 Å². The monoisotopic (exact) mass is 378 g/mol. The molecule has 0 bridgehead atoms. The van der Waals surface area contributed by atoms with E-state index in [1.54, 1.807) is 18.2 Å². The van der Waals surface area contributed by atoms with Crippen LogP contribution in [0.25, 0.3) is 0 Å². The minimum atomic E-state index is -0.163. The van der Waals surface area contributed by atoms with Gasteiger partial charge in [-0.1, -0.05) is 36.4 Å². The quantitative estimate of drug-likeness (QED) is 0.644. The number of piperidine rings is 1. The fraction of sp³-hybridized carbons (Fsp3) is 0.261. The lowest BCUT2D eigenvalue weighted by molar-refractivity contribution is 0.0931. The first-order valence-electron chi connectivity index (χ1n) is 9.60. The van der Waals surface area contributed by atoms with E-state index in [-0.39, 0.29) is 17.8 Å². The number of furan rings is 1. The van der Waals surface area contributed by atoms with Gasteiger partial charge in [-0.25, -0.2) is 4.39 Å². The number of carbonyl (C=O) groups excluding carboxylic acids is 1. The van der Waals surface area contributed by atoms with Gasteiger partial charge in [0.25, 0.3) is 5.91 Å². The Morgan fingerprint density at radius 1 is 1.00 bits per heavy atom. The molecule has 0 spiro atoms. The fourth-order valence-corrected chi connectivity index (χ4v) is 3.80. The van der Waals surface area contributed by atoms with E-state index in [2.05, 4.69) is 4.90 Å². The average molecular weight is 378 g/mol. The number of para-hydroxylation sites is 1. The van der Waals surface area contributed by atoms with Gasteiger partial charge < -0.3 is 9.32 Å². The molecule has 0 aliphatic carbocycles. The molecule has 0 N–H and O–H groups in total. The SMILES string of the molecule is O=C(c1ccco1)N(c1ccccc1)C1CCN(Cc2ccccc2F)CC1. The number of likely N-dealkylation sites (tertiary alicyclic amines) is 1. The van der Waals surface area contributed by atoms with Crippen LogP contribution in [0.1, 0.15) is 29.0 Å². The number of hydrogen-bond donors (Lipinski definition) is 0. The molecule has 2 aromatic carbocycles. The van der Waals surface area contributed by atoms with Crippen LogP contribution >= 0.6 is 0 Å². The second kappa shape index (κ2) is 8.40. The Labute approximate surface area is 164 Å². The number of nitrogens with zero attached hydrogens (tertiary/aromatic N) is 2. The van der Waals surface area contributed by atoms with Gasteiger partial charge in [0.05, 0.1) is 6.26 Å². The summed E-state index contributed by atoms with van der Waals surface area (Å²) in [6, 6.07) is 20.1. The number of rotatable bonds is 5. The van der Waals surface area contributed by atoms with Crippen LogP contribution in [0.2, 0.25) is 0 Å². The van der Waals surface area contributed by atoms with E-state index in [0.717, 1.165) is 31.6 Å². The van der Waals surface area contributed by atoms with Gasteiger partial charge in [-0.05, 0) is 43.2 Å². The summed E-state index contributed by atoms with van der Waals surface area (Å²) in [5, 5.41) is 0. The maximum atomic E-state index is 13.9. The van der Waals surface area contributed by atoms with Crippen LogP contribution in [0.3, 0.4) is 0 Å². The van der Waals surface area contributed by atoms with Crippen molar-refractivity contribution in [3.63, 3.8) is 0 Å². The summed E-state index contributed by atoms with van der Waals surface area (Å²) in [5.41, 5.74) is 1.59. The summed E-state index contributed by atoms with van der Waals surface area (Å²) < 4.78 is 19.3. The van der Waals surface area contributed by atoms with Crippen LogP contribution < -0.4 is 4.90 Å². The van der Waals surface area contributed by atoms with Crippen molar-refractivity contribution in [1.29, 1.82) is 0 Å². The molecule has 1 amide bonds. The third-order valence-electron chi connectivity index (χ3n) is 5.26. The highest BCUT2D eigenvalue weighted by Crippen LogP contribution is 2.26. The third kappa shape index (κ3) is 3.99.